The molecule has 3 aromatic carbocycles. The third kappa shape index (κ3) is 5.53. The Hall–Kier alpha value is -4.26. The number of Topliss-reactive ketones (excluding diaryl/α,β-unsaturated/α-hetero) is 1. The van der Waals surface area contributed by atoms with Gasteiger partial charge in [0, 0.05) is 24.5 Å². The first-order chi connectivity index (χ1) is 20.0. The number of fused-ring (bicyclic) bond motifs is 2. The van der Waals surface area contributed by atoms with Gasteiger partial charge in [-0.1, -0.05) is 68.3 Å². The maximum absolute atomic E-state index is 14.3. The summed E-state index contributed by atoms with van der Waals surface area (Å²) in [7, 11) is 4.70. The number of hydrogen-bond acceptors (Lipinski definition) is 6. The lowest BCUT2D eigenvalue weighted by atomic mass is 9.76. The number of carbonyl (C=O) groups excluding carboxylic acids is 2. The molecule has 5 rings (SSSR count). The van der Waals surface area contributed by atoms with E-state index < -0.39 is 12.0 Å². The van der Waals surface area contributed by atoms with E-state index in [-0.39, 0.29) is 17.6 Å². The summed E-state index contributed by atoms with van der Waals surface area (Å²) in [5.74, 6) is 0.777. The van der Waals surface area contributed by atoms with Crippen molar-refractivity contribution in [1.29, 1.82) is 0 Å². The molecule has 1 heterocycles. The Morgan fingerprint density at radius 2 is 1.59 bits per heavy atom. The van der Waals surface area contributed by atoms with Crippen LogP contribution in [0.3, 0.4) is 0 Å². The van der Waals surface area contributed by atoms with Gasteiger partial charge in [-0.15, -0.1) is 0 Å². The average molecular weight is 555 g/mol. The Labute approximate surface area is 242 Å². The molecule has 1 aliphatic carbocycles. The summed E-state index contributed by atoms with van der Waals surface area (Å²) in [4.78, 5) is 30.2. The highest BCUT2D eigenvalue weighted by Crippen LogP contribution is 2.50. The number of hydrogen-bond donors (Lipinski definition) is 1. The molecule has 7 nitrogen and oxygen atoms in total. The molecule has 7 heteroatoms. The summed E-state index contributed by atoms with van der Waals surface area (Å²) in [6, 6.07) is 21.0. The van der Waals surface area contributed by atoms with Crippen molar-refractivity contribution < 1.29 is 23.8 Å². The van der Waals surface area contributed by atoms with E-state index in [0.29, 0.717) is 30.1 Å². The van der Waals surface area contributed by atoms with E-state index in [4.69, 9.17) is 14.2 Å². The van der Waals surface area contributed by atoms with Crippen LogP contribution in [0.25, 0.3) is 0 Å². The molecule has 0 aromatic heterocycles. The Balaban J connectivity index is 1.73. The molecule has 1 amide bonds. The standard InChI is InChI=1S/C34H38N2O5/c1-5-6-8-17-31(38)36-27-16-12-11-15-25(27)35-26-18-23(22-13-9-7-10-14-22)19-28(37)32(26)33(36)24-20-29(39-2)34(41-4)30(21-24)40-3/h7,9-16,18,20-21,23,32-33,35H,5-6,8,17,19H2,1-4H3/t23-,32-,33+/m1/s1. The van der Waals surface area contributed by atoms with Crippen LogP contribution in [-0.2, 0) is 9.59 Å². The third-order valence-electron chi connectivity index (χ3n) is 8.04. The number of amides is 1. The van der Waals surface area contributed by atoms with Crippen LogP contribution in [0.2, 0.25) is 0 Å². The zero-order valence-electron chi connectivity index (χ0n) is 24.2. The van der Waals surface area contributed by atoms with Crippen molar-refractivity contribution in [3.63, 3.8) is 0 Å². The lowest BCUT2D eigenvalue weighted by Crippen LogP contribution is -2.42. The molecule has 0 saturated carbocycles. The summed E-state index contributed by atoms with van der Waals surface area (Å²) in [6.45, 7) is 2.12. The number of allylic oxidation sites excluding steroid dienone is 1. The molecule has 3 atom stereocenters. The highest BCUT2D eigenvalue weighted by molar-refractivity contribution is 6.01. The van der Waals surface area contributed by atoms with Crippen molar-refractivity contribution in [3.05, 3.63) is 89.6 Å². The zero-order valence-corrected chi connectivity index (χ0v) is 24.2. The minimum absolute atomic E-state index is 0.0225. The van der Waals surface area contributed by atoms with Gasteiger partial charge in [-0.2, -0.15) is 0 Å². The number of rotatable bonds is 9. The molecular weight excluding hydrogens is 516 g/mol. The predicted molar refractivity (Wildman–Crippen MR) is 161 cm³/mol. The first-order valence-corrected chi connectivity index (χ1v) is 14.3. The molecule has 1 aliphatic heterocycles. The molecule has 0 fully saturated rings. The van der Waals surface area contributed by atoms with Crippen molar-refractivity contribution in [2.45, 2.75) is 51.0 Å². The number of unbranched alkanes of at least 4 members (excludes halogenated alkanes) is 2. The molecule has 41 heavy (non-hydrogen) atoms. The fraction of sp³-hybridized carbons (Fsp3) is 0.353. The van der Waals surface area contributed by atoms with Gasteiger partial charge in [-0.05, 0) is 41.8 Å². The largest absolute Gasteiger partial charge is 0.493 e. The van der Waals surface area contributed by atoms with E-state index >= 15 is 0 Å². The van der Waals surface area contributed by atoms with Crippen LogP contribution in [0.4, 0.5) is 11.4 Å². The van der Waals surface area contributed by atoms with Crippen molar-refractivity contribution in [3.8, 4) is 17.2 Å². The summed E-state index contributed by atoms with van der Waals surface area (Å²) < 4.78 is 17.0. The fourth-order valence-electron chi connectivity index (χ4n) is 6.07. The number of ether oxygens (including phenoxy) is 3. The van der Waals surface area contributed by atoms with E-state index in [1.165, 1.54) is 0 Å². The van der Waals surface area contributed by atoms with Gasteiger partial charge in [0.2, 0.25) is 11.7 Å². The van der Waals surface area contributed by atoms with Crippen LogP contribution in [0.5, 0.6) is 17.2 Å². The number of methoxy groups -OCH3 is 3. The van der Waals surface area contributed by atoms with Gasteiger partial charge < -0.3 is 24.4 Å². The van der Waals surface area contributed by atoms with Gasteiger partial charge in [0.05, 0.1) is 44.7 Å². The normalized spacial score (nSPS) is 19.7. The van der Waals surface area contributed by atoms with Gasteiger partial charge in [-0.25, -0.2) is 0 Å². The van der Waals surface area contributed by atoms with Crippen LogP contribution in [0.1, 0.15) is 62.1 Å². The van der Waals surface area contributed by atoms with Crippen molar-refractivity contribution in [2.24, 2.45) is 5.92 Å². The quantitative estimate of drug-likeness (QED) is 0.286. The van der Waals surface area contributed by atoms with Crippen molar-refractivity contribution >= 4 is 23.1 Å². The molecule has 2 aliphatic rings. The number of carbonyl (C=O) groups is 2. The van der Waals surface area contributed by atoms with Crippen molar-refractivity contribution in [2.75, 3.05) is 31.5 Å². The third-order valence-corrected chi connectivity index (χ3v) is 8.04. The van der Waals surface area contributed by atoms with Crippen molar-refractivity contribution in [1.82, 2.24) is 0 Å². The molecule has 0 spiro atoms. The monoisotopic (exact) mass is 554 g/mol. The molecule has 3 aromatic rings. The Kier molecular flexibility index (Phi) is 8.62. The highest BCUT2D eigenvalue weighted by atomic mass is 16.5. The second kappa shape index (κ2) is 12.5. The maximum atomic E-state index is 14.3. The number of anilines is 2. The summed E-state index contributed by atoms with van der Waals surface area (Å²) in [5, 5.41) is 3.58. The van der Waals surface area contributed by atoms with E-state index in [1.54, 1.807) is 21.3 Å². The molecule has 214 valence electrons. The maximum Gasteiger partial charge on any atom is 0.227 e. The zero-order chi connectivity index (χ0) is 28.9. The lowest BCUT2D eigenvalue weighted by Gasteiger charge is -2.38. The van der Waals surface area contributed by atoms with Crippen LogP contribution in [-0.4, -0.2) is 33.0 Å². The van der Waals surface area contributed by atoms with Gasteiger partial charge in [0.15, 0.2) is 11.5 Å². The van der Waals surface area contributed by atoms with E-state index in [1.807, 2.05) is 59.5 Å². The number of para-hydroxylation sites is 2. The van der Waals surface area contributed by atoms with E-state index in [0.717, 1.165) is 47.5 Å². The fourth-order valence-corrected chi connectivity index (χ4v) is 6.07. The number of ketones is 1. The Bertz CT molecular complexity index is 1410. The summed E-state index contributed by atoms with van der Waals surface area (Å²) in [5.41, 5.74) is 4.16. The summed E-state index contributed by atoms with van der Waals surface area (Å²) in [6.07, 6.45) is 5.64. The average Bonchev–Trinajstić information content (AvgIpc) is 3.15. The van der Waals surface area contributed by atoms with Crippen LogP contribution >= 0.6 is 0 Å². The Morgan fingerprint density at radius 3 is 2.24 bits per heavy atom. The first-order valence-electron chi connectivity index (χ1n) is 14.3. The van der Waals surface area contributed by atoms with E-state index in [2.05, 4.69) is 30.4 Å². The Morgan fingerprint density at radius 1 is 0.902 bits per heavy atom. The van der Waals surface area contributed by atoms with Crippen LogP contribution in [0.15, 0.2) is 78.5 Å². The molecule has 1 N–H and O–H groups in total. The number of nitrogens with zero attached hydrogens (tertiary/aromatic N) is 1. The minimum atomic E-state index is -0.621. The smallest absolute Gasteiger partial charge is 0.227 e. The summed E-state index contributed by atoms with van der Waals surface area (Å²) >= 11 is 0. The lowest BCUT2D eigenvalue weighted by molar-refractivity contribution is -0.123. The van der Waals surface area contributed by atoms with Gasteiger partial charge in [0.1, 0.15) is 5.78 Å². The second-order valence-corrected chi connectivity index (χ2v) is 10.6. The molecule has 0 radical (unpaired) electrons. The van der Waals surface area contributed by atoms with Gasteiger partial charge in [0.25, 0.3) is 0 Å². The van der Waals surface area contributed by atoms with E-state index in [9.17, 15) is 9.59 Å². The molecular formula is C34H38N2O5. The predicted octanol–water partition coefficient (Wildman–Crippen LogP) is 7.05. The molecule has 0 unspecified atom stereocenters. The number of benzene rings is 3. The first kappa shape index (κ1) is 28.3. The van der Waals surface area contributed by atoms with Gasteiger partial charge >= 0.3 is 0 Å². The van der Waals surface area contributed by atoms with Crippen LogP contribution < -0.4 is 24.4 Å². The topological polar surface area (TPSA) is 77.1 Å². The van der Waals surface area contributed by atoms with Gasteiger partial charge in [-0.3, -0.25) is 9.59 Å². The number of nitrogens with one attached hydrogen (secondary N) is 1. The highest BCUT2D eigenvalue weighted by Gasteiger charge is 2.45. The molecule has 0 bridgehead atoms. The SMILES string of the molecule is CCCCCC(=O)N1c2ccccc2NC2=C[C@@H](c3ccccc3)CC(=O)[C@@H]2[C@@H]1c1cc(OC)c(OC)c(OC)c1. The second-order valence-electron chi connectivity index (χ2n) is 10.6. The van der Waals surface area contributed by atoms with Crippen LogP contribution in [0, 0.1) is 5.92 Å². The minimum Gasteiger partial charge on any atom is -0.493 e. The molecule has 0 saturated heterocycles.